The van der Waals surface area contributed by atoms with Crippen LogP contribution in [-0.4, -0.2) is 36.1 Å². The minimum atomic E-state index is 0.576. The fourth-order valence-electron chi connectivity index (χ4n) is 4.01. The molecule has 0 saturated carbocycles. The fraction of sp³-hybridized carbons (Fsp3) is 0.381. The lowest BCUT2D eigenvalue weighted by atomic mass is 9.95. The van der Waals surface area contributed by atoms with Gasteiger partial charge in [0, 0.05) is 38.9 Å². The van der Waals surface area contributed by atoms with Gasteiger partial charge in [-0.05, 0) is 48.1 Å². The van der Waals surface area contributed by atoms with Crippen molar-refractivity contribution < 1.29 is 0 Å². The number of rotatable bonds is 4. The molecule has 2 aromatic rings. The third kappa shape index (κ3) is 2.96. The zero-order valence-electron chi connectivity index (χ0n) is 14.5. The predicted molar refractivity (Wildman–Crippen MR) is 100.0 cm³/mol. The van der Waals surface area contributed by atoms with Crippen LogP contribution in [0.4, 0.5) is 5.82 Å². The van der Waals surface area contributed by atoms with Gasteiger partial charge in [0.05, 0.1) is 0 Å². The Balaban J connectivity index is 1.53. The van der Waals surface area contributed by atoms with Gasteiger partial charge >= 0.3 is 0 Å². The van der Waals surface area contributed by atoms with E-state index in [2.05, 4.69) is 58.4 Å². The second-order valence-corrected chi connectivity index (χ2v) is 7.15. The van der Waals surface area contributed by atoms with Gasteiger partial charge in [-0.25, -0.2) is 4.98 Å². The molecular formula is C21H25N3. The molecule has 0 radical (unpaired) electrons. The Morgan fingerprint density at radius 3 is 2.58 bits per heavy atom. The van der Waals surface area contributed by atoms with E-state index in [0.717, 1.165) is 18.8 Å². The van der Waals surface area contributed by atoms with E-state index in [9.17, 15) is 0 Å². The van der Waals surface area contributed by atoms with Crippen LogP contribution in [0.3, 0.4) is 0 Å². The highest BCUT2D eigenvalue weighted by Gasteiger charge is 2.36. The summed E-state index contributed by atoms with van der Waals surface area (Å²) in [5.74, 6) is 1.02. The van der Waals surface area contributed by atoms with Crippen molar-refractivity contribution in [3.05, 3.63) is 65.9 Å². The van der Waals surface area contributed by atoms with Gasteiger partial charge < -0.3 is 4.90 Å². The molecule has 2 unspecified atom stereocenters. The van der Waals surface area contributed by atoms with Crippen molar-refractivity contribution in [1.29, 1.82) is 0 Å². The monoisotopic (exact) mass is 319 g/mol. The highest BCUT2D eigenvalue weighted by Crippen LogP contribution is 2.39. The maximum absolute atomic E-state index is 4.58. The van der Waals surface area contributed by atoms with Crippen molar-refractivity contribution in [2.24, 2.45) is 0 Å². The van der Waals surface area contributed by atoms with E-state index in [4.69, 9.17) is 0 Å². The summed E-state index contributed by atoms with van der Waals surface area (Å²) in [5.41, 5.74) is 4.18. The first kappa shape index (κ1) is 15.4. The van der Waals surface area contributed by atoms with Crippen LogP contribution >= 0.6 is 0 Å². The zero-order chi connectivity index (χ0) is 16.5. The number of aromatic nitrogens is 1. The van der Waals surface area contributed by atoms with Gasteiger partial charge in [-0.1, -0.05) is 36.4 Å². The smallest absolute Gasteiger partial charge is 0.127 e. The van der Waals surface area contributed by atoms with Gasteiger partial charge in [-0.2, -0.15) is 0 Å². The normalized spacial score (nSPS) is 23.2. The van der Waals surface area contributed by atoms with E-state index in [1.54, 1.807) is 0 Å². The van der Waals surface area contributed by atoms with Gasteiger partial charge in [0.2, 0.25) is 0 Å². The molecule has 4 rings (SSSR count). The average Bonchev–Trinajstić information content (AvgIpc) is 2.84. The first-order valence-electron chi connectivity index (χ1n) is 8.85. The zero-order valence-corrected chi connectivity index (χ0v) is 14.5. The summed E-state index contributed by atoms with van der Waals surface area (Å²) in [7, 11) is 4.06. The number of fused-ring (bicyclic) bond motifs is 2. The van der Waals surface area contributed by atoms with Crippen LogP contribution in [0.2, 0.25) is 0 Å². The summed E-state index contributed by atoms with van der Waals surface area (Å²) in [6, 6.07) is 16.4. The first-order valence-corrected chi connectivity index (χ1v) is 8.85. The molecule has 2 atom stereocenters. The van der Waals surface area contributed by atoms with Crippen LogP contribution in [0.1, 0.15) is 30.4 Å². The molecule has 1 aromatic heterocycles. The Bertz CT molecular complexity index is 719. The highest BCUT2D eigenvalue weighted by atomic mass is 15.2. The molecule has 0 amide bonds. The van der Waals surface area contributed by atoms with Crippen LogP contribution in [0.15, 0.2) is 54.7 Å². The van der Waals surface area contributed by atoms with Crippen molar-refractivity contribution in [2.45, 2.75) is 37.9 Å². The van der Waals surface area contributed by atoms with E-state index in [-0.39, 0.29) is 0 Å². The van der Waals surface area contributed by atoms with Gasteiger partial charge in [0.15, 0.2) is 0 Å². The quantitative estimate of drug-likeness (QED) is 0.850. The van der Waals surface area contributed by atoms with Crippen molar-refractivity contribution in [3.63, 3.8) is 0 Å². The first-order chi connectivity index (χ1) is 11.7. The molecular weight excluding hydrogens is 294 g/mol. The van der Waals surface area contributed by atoms with E-state index >= 15 is 0 Å². The average molecular weight is 319 g/mol. The SMILES string of the molecule is CN(C)c1ccc(C2=CC3CCC(C2)N3Cc2ccccc2)cn1. The molecule has 0 spiro atoms. The molecule has 1 saturated heterocycles. The molecule has 1 aromatic carbocycles. The van der Waals surface area contributed by atoms with E-state index in [0.29, 0.717) is 12.1 Å². The Morgan fingerprint density at radius 2 is 1.92 bits per heavy atom. The van der Waals surface area contributed by atoms with Gasteiger partial charge in [0.1, 0.15) is 5.82 Å². The van der Waals surface area contributed by atoms with Gasteiger partial charge in [-0.15, -0.1) is 0 Å². The lowest BCUT2D eigenvalue weighted by Gasteiger charge is -2.34. The molecule has 2 aliphatic rings. The summed E-state index contributed by atoms with van der Waals surface area (Å²) in [6.07, 6.45) is 8.25. The van der Waals surface area contributed by atoms with E-state index in [1.807, 2.05) is 25.2 Å². The van der Waals surface area contributed by atoms with Crippen molar-refractivity contribution >= 4 is 11.4 Å². The second kappa shape index (κ2) is 6.40. The van der Waals surface area contributed by atoms with Crippen LogP contribution in [-0.2, 0) is 6.54 Å². The molecule has 2 aliphatic heterocycles. The Kier molecular flexibility index (Phi) is 4.11. The topological polar surface area (TPSA) is 19.4 Å². The lowest BCUT2D eigenvalue weighted by Crippen LogP contribution is -2.37. The number of hydrogen-bond donors (Lipinski definition) is 0. The molecule has 1 fully saturated rings. The Hall–Kier alpha value is -2.13. The van der Waals surface area contributed by atoms with Crippen molar-refractivity contribution in [2.75, 3.05) is 19.0 Å². The van der Waals surface area contributed by atoms with Crippen LogP contribution in [0, 0.1) is 0 Å². The standard InChI is InChI=1S/C21H25N3/c1-23(2)21-11-8-17(14-22-21)18-12-19-9-10-20(13-18)24(19)15-16-6-4-3-5-7-16/h3-8,11-12,14,19-20H,9-10,13,15H2,1-2H3. The number of benzene rings is 1. The number of nitrogens with zero attached hydrogens (tertiary/aromatic N) is 3. The second-order valence-electron chi connectivity index (χ2n) is 7.15. The largest absolute Gasteiger partial charge is 0.363 e. The molecule has 2 bridgehead atoms. The molecule has 3 nitrogen and oxygen atoms in total. The summed E-state index contributed by atoms with van der Waals surface area (Å²) >= 11 is 0. The van der Waals surface area contributed by atoms with Gasteiger partial charge in [0.25, 0.3) is 0 Å². The highest BCUT2D eigenvalue weighted by molar-refractivity contribution is 5.68. The minimum Gasteiger partial charge on any atom is -0.363 e. The summed E-state index contributed by atoms with van der Waals surface area (Å²) in [5, 5.41) is 0. The maximum Gasteiger partial charge on any atom is 0.127 e. The summed E-state index contributed by atoms with van der Waals surface area (Å²) in [4.78, 5) is 9.31. The van der Waals surface area contributed by atoms with Crippen molar-refractivity contribution in [1.82, 2.24) is 9.88 Å². The molecule has 3 heteroatoms. The van der Waals surface area contributed by atoms with Crippen LogP contribution < -0.4 is 4.90 Å². The molecule has 24 heavy (non-hydrogen) atoms. The van der Waals surface area contributed by atoms with E-state index in [1.165, 1.54) is 29.5 Å². The summed E-state index contributed by atoms with van der Waals surface area (Å²) < 4.78 is 0. The Labute approximate surface area is 144 Å². The fourth-order valence-corrected chi connectivity index (χ4v) is 4.01. The third-order valence-corrected chi connectivity index (χ3v) is 5.32. The van der Waals surface area contributed by atoms with Gasteiger partial charge in [-0.3, -0.25) is 4.90 Å². The third-order valence-electron chi connectivity index (χ3n) is 5.32. The number of anilines is 1. The van der Waals surface area contributed by atoms with Crippen molar-refractivity contribution in [3.8, 4) is 0 Å². The predicted octanol–water partition coefficient (Wildman–Crippen LogP) is 3.97. The number of pyridine rings is 1. The maximum atomic E-state index is 4.58. The van der Waals surface area contributed by atoms with E-state index < -0.39 is 0 Å². The minimum absolute atomic E-state index is 0.576. The summed E-state index contributed by atoms with van der Waals surface area (Å²) in [6.45, 7) is 1.07. The molecule has 3 heterocycles. The lowest BCUT2D eigenvalue weighted by molar-refractivity contribution is 0.203. The van der Waals surface area contributed by atoms with Crippen LogP contribution in [0.25, 0.3) is 5.57 Å². The Morgan fingerprint density at radius 1 is 1.08 bits per heavy atom. The van der Waals surface area contributed by atoms with Crippen LogP contribution in [0.5, 0.6) is 0 Å². The molecule has 124 valence electrons. The number of hydrogen-bond acceptors (Lipinski definition) is 3. The molecule has 0 N–H and O–H groups in total. The molecule has 0 aliphatic carbocycles.